The molecule has 2 fully saturated rings. The second kappa shape index (κ2) is 9.85. The van der Waals surface area contributed by atoms with E-state index in [1.54, 1.807) is 0 Å². The number of halogens is 2. The van der Waals surface area contributed by atoms with E-state index < -0.39 is 5.54 Å². The van der Waals surface area contributed by atoms with Gasteiger partial charge in [-0.1, -0.05) is 6.42 Å². The van der Waals surface area contributed by atoms with Crippen LogP contribution in [0.5, 0.6) is 0 Å². The molecule has 2 rings (SSSR count). The fourth-order valence-electron chi connectivity index (χ4n) is 2.91. The zero-order chi connectivity index (χ0) is 13.7. The molecule has 0 aliphatic carbocycles. The van der Waals surface area contributed by atoms with Crippen LogP contribution in [0, 0.1) is 0 Å². The van der Waals surface area contributed by atoms with Gasteiger partial charge in [-0.25, -0.2) is 0 Å². The molecule has 0 aromatic heterocycles. The van der Waals surface area contributed by atoms with Crippen molar-refractivity contribution < 1.29 is 9.53 Å². The Morgan fingerprint density at radius 3 is 2.38 bits per heavy atom. The quantitative estimate of drug-likeness (QED) is 0.809. The maximum absolute atomic E-state index is 12.3. The maximum Gasteiger partial charge on any atom is 0.240 e. The van der Waals surface area contributed by atoms with Gasteiger partial charge in [0.25, 0.3) is 0 Å². The Labute approximate surface area is 140 Å². The number of carbonyl (C=O) groups is 1. The molecule has 1 unspecified atom stereocenters. The molecule has 2 aliphatic heterocycles. The predicted octanol–water partition coefficient (Wildman–Crippen LogP) is 1.33. The number of rotatable bonds is 4. The number of piperidine rings is 1. The van der Waals surface area contributed by atoms with Gasteiger partial charge in [0, 0.05) is 25.8 Å². The fraction of sp³-hybridized carbons (Fsp3) is 0.929. The Morgan fingerprint density at radius 2 is 1.81 bits per heavy atom. The fourth-order valence-corrected chi connectivity index (χ4v) is 2.91. The average molecular weight is 342 g/mol. The van der Waals surface area contributed by atoms with Gasteiger partial charge in [0.15, 0.2) is 0 Å². The Balaban J connectivity index is 0.00000200. The zero-order valence-corrected chi connectivity index (χ0v) is 14.4. The molecule has 1 amide bonds. The molecule has 2 saturated heterocycles. The number of amides is 1. The first-order valence-electron chi connectivity index (χ1n) is 7.50. The molecule has 0 saturated carbocycles. The zero-order valence-electron chi connectivity index (χ0n) is 12.8. The van der Waals surface area contributed by atoms with Gasteiger partial charge in [-0.15, -0.1) is 24.8 Å². The van der Waals surface area contributed by atoms with Gasteiger partial charge in [0.05, 0.1) is 5.54 Å². The molecule has 0 aromatic carbocycles. The minimum atomic E-state index is -0.728. The Hall–Kier alpha value is -0.0700. The van der Waals surface area contributed by atoms with Crippen molar-refractivity contribution in [3.8, 4) is 0 Å². The third kappa shape index (κ3) is 6.28. The summed E-state index contributed by atoms with van der Waals surface area (Å²) >= 11 is 0. The van der Waals surface area contributed by atoms with Crippen LogP contribution in [0.25, 0.3) is 0 Å². The van der Waals surface area contributed by atoms with Gasteiger partial charge < -0.3 is 20.7 Å². The number of nitrogens with zero attached hydrogens (tertiary/aromatic N) is 1. The van der Waals surface area contributed by atoms with E-state index in [2.05, 4.69) is 17.1 Å². The van der Waals surface area contributed by atoms with Crippen molar-refractivity contribution in [3.05, 3.63) is 0 Å². The third-order valence-electron chi connectivity index (χ3n) is 4.20. The normalized spacial score (nSPS) is 23.3. The van der Waals surface area contributed by atoms with Gasteiger partial charge in [-0.3, -0.25) is 4.79 Å². The van der Waals surface area contributed by atoms with Crippen molar-refractivity contribution >= 4 is 30.7 Å². The van der Waals surface area contributed by atoms with Crippen LogP contribution < -0.4 is 11.1 Å². The summed E-state index contributed by atoms with van der Waals surface area (Å²) in [5.41, 5.74) is 5.45. The summed E-state index contributed by atoms with van der Waals surface area (Å²) in [6.45, 7) is 6.48. The lowest BCUT2D eigenvalue weighted by atomic mass is 9.90. The largest absolute Gasteiger partial charge is 0.381 e. The van der Waals surface area contributed by atoms with Crippen LogP contribution in [0.15, 0.2) is 0 Å². The lowest BCUT2D eigenvalue weighted by Crippen LogP contribution is -2.59. The van der Waals surface area contributed by atoms with Crippen molar-refractivity contribution in [2.24, 2.45) is 5.73 Å². The summed E-state index contributed by atoms with van der Waals surface area (Å²) in [5.74, 6) is -0.0136. The number of hydrogen-bond acceptors (Lipinski definition) is 4. The van der Waals surface area contributed by atoms with Crippen LogP contribution in [0.2, 0.25) is 0 Å². The van der Waals surface area contributed by atoms with E-state index >= 15 is 0 Å². The highest BCUT2D eigenvalue weighted by atomic mass is 35.5. The second-order valence-corrected chi connectivity index (χ2v) is 6.00. The minimum absolute atomic E-state index is 0. The summed E-state index contributed by atoms with van der Waals surface area (Å²) in [4.78, 5) is 14.7. The number of hydrogen-bond donors (Lipinski definition) is 2. The molecule has 2 aliphatic rings. The van der Waals surface area contributed by atoms with E-state index in [9.17, 15) is 4.79 Å². The number of nitrogens with one attached hydrogen (secondary N) is 1. The first-order chi connectivity index (χ1) is 9.10. The summed E-state index contributed by atoms with van der Waals surface area (Å²) in [6, 6.07) is 0.161. The predicted molar refractivity (Wildman–Crippen MR) is 89.4 cm³/mol. The van der Waals surface area contributed by atoms with Crippen LogP contribution in [-0.4, -0.2) is 55.2 Å². The Morgan fingerprint density at radius 1 is 1.24 bits per heavy atom. The number of likely N-dealkylation sites (tertiary alicyclic amines) is 1. The van der Waals surface area contributed by atoms with E-state index in [1.165, 1.54) is 19.3 Å². The molecule has 2 heterocycles. The molecule has 0 spiro atoms. The van der Waals surface area contributed by atoms with Crippen LogP contribution in [0.3, 0.4) is 0 Å². The summed E-state index contributed by atoms with van der Waals surface area (Å²) < 4.78 is 5.27. The molecule has 0 bridgehead atoms. The van der Waals surface area contributed by atoms with Gasteiger partial charge >= 0.3 is 0 Å². The molecule has 126 valence electrons. The number of ether oxygens (including phenoxy) is 1. The summed E-state index contributed by atoms with van der Waals surface area (Å²) in [6.07, 6.45) is 5.13. The third-order valence-corrected chi connectivity index (χ3v) is 4.20. The monoisotopic (exact) mass is 341 g/mol. The van der Waals surface area contributed by atoms with E-state index in [-0.39, 0.29) is 36.8 Å². The second-order valence-electron chi connectivity index (χ2n) is 6.00. The van der Waals surface area contributed by atoms with Crippen LogP contribution in [0.4, 0.5) is 0 Å². The smallest absolute Gasteiger partial charge is 0.240 e. The SMILES string of the molecule is CC(CN1CCCCC1)NC(=O)C1(N)CCOCC1.Cl.Cl. The lowest BCUT2D eigenvalue weighted by Gasteiger charge is -2.34. The van der Waals surface area contributed by atoms with Crippen molar-refractivity contribution in [2.45, 2.75) is 50.6 Å². The first-order valence-corrected chi connectivity index (χ1v) is 7.50. The summed E-state index contributed by atoms with van der Waals surface area (Å²) in [5, 5.41) is 3.08. The molecule has 0 aromatic rings. The molecule has 5 nitrogen and oxygen atoms in total. The molecule has 21 heavy (non-hydrogen) atoms. The molecular formula is C14H29Cl2N3O2. The van der Waals surface area contributed by atoms with Gasteiger partial charge in [0.1, 0.15) is 0 Å². The highest BCUT2D eigenvalue weighted by Crippen LogP contribution is 2.18. The molecule has 7 heteroatoms. The van der Waals surface area contributed by atoms with Gasteiger partial charge in [0.2, 0.25) is 5.91 Å². The lowest BCUT2D eigenvalue weighted by molar-refractivity contribution is -0.130. The summed E-state index contributed by atoms with van der Waals surface area (Å²) in [7, 11) is 0. The van der Waals surface area contributed by atoms with Crippen molar-refractivity contribution in [1.82, 2.24) is 10.2 Å². The first kappa shape index (κ1) is 20.9. The standard InChI is InChI=1S/C14H27N3O2.2ClH/c1-12(11-17-7-3-2-4-8-17)16-13(18)14(15)5-9-19-10-6-14;;/h12H,2-11,15H2,1H3,(H,16,18);2*1H. The molecule has 3 N–H and O–H groups in total. The number of nitrogens with two attached hydrogens (primary N) is 1. The maximum atomic E-state index is 12.3. The molecule has 0 radical (unpaired) electrons. The van der Waals surface area contributed by atoms with Gasteiger partial charge in [-0.05, 0) is 45.7 Å². The Bertz CT molecular complexity index is 307. The van der Waals surface area contributed by atoms with Crippen LogP contribution in [-0.2, 0) is 9.53 Å². The van der Waals surface area contributed by atoms with Crippen LogP contribution in [0.1, 0.15) is 39.0 Å². The molecular weight excluding hydrogens is 313 g/mol. The molecule has 1 atom stereocenters. The van der Waals surface area contributed by atoms with Crippen LogP contribution >= 0.6 is 24.8 Å². The Kier molecular flexibility index (Phi) is 9.81. The van der Waals surface area contributed by atoms with E-state index in [1.807, 2.05) is 0 Å². The van der Waals surface area contributed by atoms with Crippen molar-refractivity contribution in [3.63, 3.8) is 0 Å². The van der Waals surface area contributed by atoms with E-state index in [0.717, 1.165) is 19.6 Å². The van der Waals surface area contributed by atoms with E-state index in [4.69, 9.17) is 10.5 Å². The van der Waals surface area contributed by atoms with Gasteiger partial charge in [-0.2, -0.15) is 0 Å². The average Bonchev–Trinajstić information content (AvgIpc) is 2.40. The van der Waals surface area contributed by atoms with E-state index in [0.29, 0.717) is 26.1 Å². The highest BCUT2D eigenvalue weighted by Gasteiger charge is 2.36. The van der Waals surface area contributed by atoms with Crippen molar-refractivity contribution in [2.75, 3.05) is 32.8 Å². The minimum Gasteiger partial charge on any atom is -0.381 e. The van der Waals surface area contributed by atoms with Crippen molar-refractivity contribution in [1.29, 1.82) is 0 Å². The topological polar surface area (TPSA) is 67.6 Å². The number of carbonyl (C=O) groups excluding carboxylic acids is 1. The highest BCUT2D eigenvalue weighted by molar-refractivity contribution is 5.86.